The van der Waals surface area contributed by atoms with E-state index in [1.165, 1.54) is 5.56 Å². The quantitative estimate of drug-likeness (QED) is 0.839. The van der Waals surface area contributed by atoms with Crippen LogP contribution in [0.3, 0.4) is 0 Å². The highest BCUT2D eigenvalue weighted by Gasteiger charge is 2.14. The van der Waals surface area contributed by atoms with Gasteiger partial charge in [-0.05, 0) is 36.8 Å². The molecular weight excluding hydrogens is 252 g/mol. The van der Waals surface area contributed by atoms with Gasteiger partial charge in [0.1, 0.15) is 5.75 Å². The Bertz CT molecular complexity index is 458. The van der Waals surface area contributed by atoms with Crippen LogP contribution in [0.4, 0.5) is 5.69 Å². The van der Waals surface area contributed by atoms with Crippen LogP contribution in [-0.4, -0.2) is 25.6 Å². The number of carbonyl (C=O) groups excluding carboxylic acids is 1. The first-order valence-corrected chi connectivity index (χ1v) is 7.42. The van der Waals surface area contributed by atoms with Crippen molar-refractivity contribution >= 4 is 11.6 Å². The first-order valence-electron chi connectivity index (χ1n) is 7.42. The molecule has 0 radical (unpaired) electrons. The minimum atomic E-state index is -0.0564. The Morgan fingerprint density at radius 3 is 3.10 bits per heavy atom. The largest absolute Gasteiger partial charge is 0.482 e. The maximum Gasteiger partial charge on any atom is 0.257 e. The standard InChI is InChI=1S/C16H24N2O2/c1-12(2)8-10-17-15(19)11-20-14-7-3-5-13-6-4-9-18-16(13)14/h3,5,7,12,18H,4,6,8-11H2,1-2H3,(H,17,19). The smallest absolute Gasteiger partial charge is 0.257 e. The van der Waals surface area contributed by atoms with E-state index in [1.807, 2.05) is 12.1 Å². The molecule has 4 nitrogen and oxygen atoms in total. The summed E-state index contributed by atoms with van der Waals surface area (Å²) in [5, 5.41) is 6.24. The third kappa shape index (κ3) is 4.15. The number of carbonyl (C=O) groups is 1. The molecule has 1 aliphatic heterocycles. The molecule has 2 N–H and O–H groups in total. The SMILES string of the molecule is CC(C)CCNC(=O)COc1cccc2c1NCCC2. The molecule has 0 spiro atoms. The Morgan fingerprint density at radius 1 is 1.45 bits per heavy atom. The fourth-order valence-corrected chi connectivity index (χ4v) is 2.29. The van der Waals surface area contributed by atoms with Crippen LogP contribution in [-0.2, 0) is 11.2 Å². The predicted octanol–water partition coefficient (Wildman–Crippen LogP) is 2.59. The number of benzene rings is 1. The molecule has 0 fully saturated rings. The zero-order chi connectivity index (χ0) is 14.4. The van der Waals surface area contributed by atoms with Gasteiger partial charge in [-0.2, -0.15) is 0 Å². The van der Waals surface area contributed by atoms with Gasteiger partial charge in [-0.15, -0.1) is 0 Å². The Morgan fingerprint density at radius 2 is 2.30 bits per heavy atom. The normalized spacial score (nSPS) is 13.6. The van der Waals surface area contributed by atoms with E-state index in [2.05, 4.69) is 30.5 Å². The predicted molar refractivity (Wildman–Crippen MR) is 81.2 cm³/mol. The number of fused-ring (bicyclic) bond motifs is 1. The van der Waals surface area contributed by atoms with E-state index in [0.29, 0.717) is 12.5 Å². The molecule has 2 rings (SSSR count). The van der Waals surface area contributed by atoms with Crippen molar-refractivity contribution in [1.29, 1.82) is 0 Å². The number of aryl methyl sites for hydroxylation is 1. The van der Waals surface area contributed by atoms with Crippen LogP contribution in [0.15, 0.2) is 18.2 Å². The lowest BCUT2D eigenvalue weighted by Crippen LogP contribution is -2.30. The molecule has 0 saturated heterocycles. The van der Waals surface area contributed by atoms with Crippen molar-refractivity contribution in [2.24, 2.45) is 5.92 Å². The third-order valence-electron chi connectivity index (χ3n) is 3.44. The monoisotopic (exact) mass is 276 g/mol. The van der Waals surface area contributed by atoms with Gasteiger partial charge in [0.25, 0.3) is 5.91 Å². The molecule has 0 unspecified atom stereocenters. The van der Waals surface area contributed by atoms with Crippen molar-refractivity contribution in [2.45, 2.75) is 33.1 Å². The van der Waals surface area contributed by atoms with Gasteiger partial charge < -0.3 is 15.4 Å². The lowest BCUT2D eigenvalue weighted by atomic mass is 10.0. The molecule has 4 heteroatoms. The summed E-state index contributed by atoms with van der Waals surface area (Å²) in [7, 11) is 0. The van der Waals surface area contributed by atoms with Gasteiger partial charge in [-0.25, -0.2) is 0 Å². The molecule has 0 saturated carbocycles. The maximum atomic E-state index is 11.7. The molecule has 1 aliphatic rings. The van der Waals surface area contributed by atoms with E-state index in [-0.39, 0.29) is 12.5 Å². The van der Waals surface area contributed by atoms with Gasteiger partial charge in [0, 0.05) is 13.1 Å². The fourth-order valence-electron chi connectivity index (χ4n) is 2.29. The molecule has 0 atom stereocenters. The van der Waals surface area contributed by atoms with Crippen LogP contribution < -0.4 is 15.4 Å². The van der Waals surface area contributed by atoms with Crippen LogP contribution >= 0.6 is 0 Å². The van der Waals surface area contributed by atoms with Gasteiger partial charge in [-0.1, -0.05) is 26.0 Å². The lowest BCUT2D eigenvalue weighted by Gasteiger charge is -2.21. The zero-order valence-electron chi connectivity index (χ0n) is 12.4. The van der Waals surface area contributed by atoms with E-state index >= 15 is 0 Å². The second-order valence-corrected chi connectivity index (χ2v) is 5.64. The Hall–Kier alpha value is -1.71. The fraction of sp³-hybridized carbons (Fsp3) is 0.562. The summed E-state index contributed by atoms with van der Waals surface area (Å²) < 4.78 is 5.65. The number of amides is 1. The summed E-state index contributed by atoms with van der Waals surface area (Å²) in [4.78, 5) is 11.7. The van der Waals surface area contributed by atoms with E-state index < -0.39 is 0 Å². The summed E-state index contributed by atoms with van der Waals surface area (Å²) in [6.07, 6.45) is 3.21. The molecular formula is C16H24N2O2. The van der Waals surface area contributed by atoms with Gasteiger partial charge in [-0.3, -0.25) is 4.79 Å². The molecule has 20 heavy (non-hydrogen) atoms. The molecule has 0 aromatic heterocycles. The minimum Gasteiger partial charge on any atom is -0.482 e. The summed E-state index contributed by atoms with van der Waals surface area (Å²) >= 11 is 0. The molecule has 110 valence electrons. The third-order valence-corrected chi connectivity index (χ3v) is 3.44. The first-order chi connectivity index (χ1) is 9.66. The lowest BCUT2D eigenvalue weighted by molar-refractivity contribution is -0.123. The maximum absolute atomic E-state index is 11.7. The highest BCUT2D eigenvalue weighted by atomic mass is 16.5. The van der Waals surface area contributed by atoms with Crippen LogP contribution in [0.25, 0.3) is 0 Å². The number of hydrogen-bond acceptors (Lipinski definition) is 3. The molecule has 1 heterocycles. The average Bonchev–Trinajstić information content (AvgIpc) is 2.44. The van der Waals surface area contributed by atoms with Crippen molar-refractivity contribution in [3.8, 4) is 5.75 Å². The van der Waals surface area contributed by atoms with Crippen molar-refractivity contribution < 1.29 is 9.53 Å². The number of nitrogens with one attached hydrogen (secondary N) is 2. The summed E-state index contributed by atoms with van der Waals surface area (Å²) in [6, 6.07) is 6.01. The number of ether oxygens (including phenoxy) is 1. The average molecular weight is 276 g/mol. The van der Waals surface area contributed by atoms with E-state index in [0.717, 1.165) is 37.2 Å². The Labute approximate surface area is 120 Å². The van der Waals surface area contributed by atoms with Gasteiger partial charge in [0.05, 0.1) is 5.69 Å². The topological polar surface area (TPSA) is 50.4 Å². The van der Waals surface area contributed by atoms with Gasteiger partial charge in [0.2, 0.25) is 0 Å². The van der Waals surface area contributed by atoms with E-state index in [9.17, 15) is 4.79 Å². The minimum absolute atomic E-state index is 0.0564. The summed E-state index contributed by atoms with van der Waals surface area (Å²) in [6.45, 7) is 6.05. The van der Waals surface area contributed by atoms with Crippen LogP contribution in [0.5, 0.6) is 5.75 Å². The van der Waals surface area contributed by atoms with Crippen molar-refractivity contribution in [1.82, 2.24) is 5.32 Å². The Balaban J connectivity index is 1.83. The molecule has 1 amide bonds. The van der Waals surface area contributed by atoms with Crippen molar-refractivity contribution in [3.05, 3.63) is 23.8 Å². The van der Waals surface area contributed by atoms with Crippen LogP contribution in [0.2, 0.25) is 0 Å². The highest BCUT2D eigenvalue weighted by Crippen LogP contribution is 2.31. The summed E-state index contributed by atoms with van der Waals surface area (Å²) in [5.74, 6) is 1.32. The van der Waals surface area contributed by atoms with Crippen LogP contribution in [0, 0.1) is 5.92 Å². The molecule has 1 aromatic rings. The van der Waals surface area contributed by atoms with E-state index in [1.54, 1.807) is 0 Å². The van der Waals surface area contributed by atoms with Crippen molar-refractivity contribution in [2.75, 3.05) is 25.0 Å². The number of rotatable bonds is 6. The molecule has 1 aromatic carbocycles. The number of para-hydroxylation sites is 1. The second kappa shape index (κ2) is 7.17. The second-order valence-electron chi connectivity index (χ2n) is 5.64. The first kappa shape index (κ1) is 14.7. The van der Waals surface area contributed by atoms with E-state index in [4.69, 9.17) is 4.74 Å². The summed E-state index contributed by atoms with van der Waals surface area (Å²) in [5.41, 5.74) is 2.32. The zero-order valence-corrected chi connectivity index (χ0v) is 12.4. The Kier molecular flexibility index (Phi) is 5.27. The molecule has 0 bridgehead atoms. The highest BCUT2D eigenvalue weighted by molar-refractivity contribution is 5.78. The van der Waals surface area contributed by atoms with Gasteiger partial charge >= 0.3 is 0 Å². The van der Waals surface area contributed by atoms with Crippen molar-refractivity contribution in [3.63, 3.8) is 0 Å². The molecule has 0 aliphatic carbocycles. The number of hydrogen-bond donors (Lipinski definition) is 2. The number of anilines is 1. The van der Waals surface area contributed by atoms with Crippen LogP contribution in [0.1, 0.15) is 32.3 Å². The van der Waals surface area contributed by atoms with Gasteiger partial charge in [0.15, 0.2) is 6.61 Å².